The second-order valence-corrected chi connectivity index (χ2v) is 4.63. The van der Waals surface area contributed by atoms with Gasteiger partial charge < -0.3 is 20.7 Å². The maximum Gasteiger partial charge on any atom is 0.255 e. The van der Waals surface area contributed by atoms with Gasteiger partial charge in [-0.25, -0.2) is 0 Å². The van der Waals surface area contributed by atoms with Gasteiger partial charge in [-0.3, -0.25) is 9.59 Å². The van der Waals surface area contributed by atoms with Crippen LogP contribution in [-0.2, 0) is 4.79 Å². The molecule has 1 unspecified atom stereocenters. The number of ether oxygens (including phenoxy) is 1. The summed E-state index contributed by atoms with van der Waals surface area (Å²) < 4.78 is 5.15. The molecular formula is C15H23N3O3. The number of carbonyl (C=O) groups excluding carboxylic acids is 2. The second kappa shape index (κ2) is 7.52. The summed E-state index contributed by atoms with van der Waals surface area (Å²) in [6, 6.07) is 4.33. The average Bonchev–Trinajstić information content (AvgIpc) is 2.47. The van der Waals surface area contributed by atoms with Gasteiger partial charge in [-0.15, -0.1) is 0 Å². The lowest BCUT2D eigenvalue weighted by Crippen LogP contribution is -2.46. The minimum absolute atomic E-state index is 0.115. The number of para-hydroxylation sites is 1. The molecule has 21 heavy (non-hydrogen) atoms. The summed E-state index contributed by atoms with van der Waals surface area (Å²) in [4.78, 5) is 26.1. The summed E-state index contributed by atoms with van der Waals surface area (Å²) >= 11 is 0. The predicted octanol–water partition coefficient (Wildman–Crippen LogP) is 1.26. The number of hydrogen-bond donors (Lipinski definition) is 2. The van der Waals surface area contributed by atoms with Crippen molar-refractivity contribution in [2.24, 2.45) is 0 Å². The zero-order valence-corrected chi connectivity index (χ0v) is 13.0. The molecule has 0 aliphatic carbocycles. The lowest BCUT2D eigenvalue weighted by atomic mass is 10.1. The molecule has 0 spiro atoms. The zero-order chi connectivity index (χ0) is 16.0. The Morgan fingerprint density at radius 1 is 1.33 bits per heavy atom. The number of rotatable bonds is 6. The van der Waals surface area contributed by atoms with Crippen molar-refractivity contribution in [3.8, 4) is 5.75 Å². The van der Waals surface area contributed by atoms with Crippen LogP contribution in [0.15, 0.2) is 18.2 Å². The predicted molar refractivity (Wildman–Crippen MR) is 82.3 cm³/mol. The van der Waals surface area contributed by atoms with Gasteiger partial charge >= 0.3 is 0 Å². The van der Waals surface area contributed by atoms with E-state index in [0.29, 0.717) is 30.1 Å². The van der Waals surface area contributed by atoms with Crippen molar-refractivity contribution in [3.63, 3.8) is 0 Å². The second-order valence-electron chi connectivity index (χ2n) is 4.63. The first-order valence-corrected chi connectivity index (χ1v) is 6.98. The third-order valence-corrected chi connectivity index (χ3v) is 3.29. The van der Waals surface area contributed by atoms with E-state index >= 15 is 0 Å². The molecule has 0 saturated heterocycles. The monoisotopic (exact) mass is 293 g/mol. The number of hydrogen-bond acceptors (Lipinski definition) is 4. The lowest BCUT2D eigenvalue weighted by Gasteiger charge is -2.23. The number of anilines is 1. The number of likely N-dealkylation sites (N-methyl/N-ethyl adjacent to an activating group) is 1. The molecule has 0 heterocycles. The van der Waals surface area contributed by atoms with E-state index in [4.69, 9.17) is 10.5 Å². The Bertz CT molecular complexity index is 513. The highest BCUT2D eigenvalue weighted by atomic mass is 16.5. The molecule has 3 N–H and O–H groups in total. The first-order valence-electron chi connectivity index (χ1n) is 6.98. The van der Waals surface area contributed by atoms with Gasteiger partial charge in [0.25, 0.3) is 5.91 Å². The molecule has 1 atom stereocenters. The zero-order valence-electron chi connectivity index (χ0n) is 13.0. The highest BCUT2D eigenvalue weighted by molar-refractivity contribution is 6.00. The normalized spacial score (nSPS) is 11.6. The molecule has 6 heteroatoms. The Hall–Kier alpha value is -2.24. The van der Waals surface area contributed by atoms with E-state index in [1.54, 1.807) is 30.0 Å². The molecule has 116 valence electrons. The van der Waals surface area contributed by atoms with E-state index in [1.165, 1.54) is 7.11 Å². The lowest BCUT2D eigenvalue weighted by molar-refractivity contribution is -0.132. The van der Waals surface area contributed by atoms with Gasteiger partial charge in [-0.2, -0.15) is 0 Å². The first-order chi connectivity index (χ1) is 9.96. The number of nitrogens with one attached hydrogen (secondary N) is 1. The van der Waals surface area contributed by atoms with Crippen molar-refractivity contribution in [2.45, 2.75) is 26.8 Å². The molecule has 0 aliphatic heterocycles. The highest BCUT2D eigenvalue weighted by Gasteiger charge is 2.22. The third kappa shape index (κ3) is 3.87. The molecule has 0 aromatic heterocycles. The van der Waals surface area contributed by atoms with Crippen molar-refractivity contribution >= 4 is 17.5 Å². The summed E-state index contributed by atoms with van der Waals surface area (Å²) in [5.41, 5.74) is 6.47. The van der Waals surface area contributed by atoms with Gasteiger partial charge in [-0.05, 0) is 32.9 Å². The third-order valence-electron chi connectivity index (χ3n) is 3.29. The number of amides is 2. The van der Waals surface area contributed by atoms with Gasteiger partial charge in [0, 0.05) is 13.1 Å². The topological polar surface area (TPSA) is 84.7 Å². The summed E-state index contributed by atoms with van der Waals surface area (Å²) in [6.45, 7) is 6.68. The molecule has 0 aliphatic rings. The Labute approximate surface area is 125 Å². The maximum atomic E-state index is 12.3. The van der Waals surface area contributed by atoms with Crippen molar-refractivity contribution in [3.05, 3.63) is 23.8 Å². The quantitative estimate of drug-likeness (QED) is 0.773. The molecule has 0 fully saturated rings. The average molecular weight is 293 g/mol. The van der Waals surface area contributed by atoms with Crippen LogP contribution in [0.3, 0.4) is 0 Å². The van der Waals surface area contributed by atoms with Gasteiger partial charge in [0.2, 0.25) is 5.91 Å². The van der Waals surface area contributed by atoms with Crippen LogP contribution in [0.2, 0.25) is 0 Å². The number of nitrogens with two attached hydrogens (primary N) is 1. The standard InChI is InChI=1S/C15H23N3O3/c1-5-18(6-2)15(20)10(3)17-14(19)11-8-7-9-12(16)13(11)21-4/h7-10H,5-6,16H2,1-4H3,(H,17,19). The van der Waals surface area contributed by atoms with Crippen molar-refractivity contribution in [2.75, 3.05) is 25.9 Å². The molecule has 1 aromatic carbocycles. The number of nitrogens with zero attached hydrogens (tertiary/aromatic N) is 1. The molecule has 1 aromatic rings. The molecule has 0 saturated carbocycles. The Morgan fingerprint density at radius 3 is 2.48 bits per heavy atom. The van der Waals surface area contributed by atoms with Crippen molar-refractivity contribution in [1.29, 1.82) is 0 Å². The summed E-state index contributed by atoms with van der Waals surface area (Å²) in [5.74, 6) is -0.180. The fourth-order valence-corrected chi connectivity index (χ4v) is 2.11. The fourth-order valence-electron chi connectivity index (χ4n) is 2.11. The number of benzene rings is 1. The molecule has 1 rings (SSSR count). The van der Waals surface area contributed by atoms with E-state index in [9.17, 15) is 9.59 Å². The summed E-state index contributed by atoms with van der Waals surface area (Å²) in [7, 11) is 1.45. The fraction of sp³-hybridized carbons (Fsp3) is 0.467. The summed E-state index contributed by atoms with van der Waals surface area (Å²) in [6.07, 6.45) is 0. The first kappa shape index (κ1) is 16.8. The highest BCUT2D eigenvalue weighted by Crippen LogP contribution is 2.25. The van der Waals surface area contributed by atoms with Crippen LogP contribution in [0.1, 0.15) is 31.1 Å². The van der Waals surface area contributed by atoms with Crippen LogP contribution in [0, 0.1) is 0 Å². The van der Waals surface area contributed by atoms with E-state index < -0.39 is 6.04 Å². The van der Waals surface area contributed by atoms with E-state index in [1.807, 2.05) is 13.8 Å². The summed E-state index contributed by atoms with van der Waals surface area (Å²) in [5, 5.41) is 2.68. The van der Waals surface area contributed by atoms with Crippen LogP contribution < -0.4 is 15.8 Å². The Kier molecular flexibility index (Phi) is 6.02. The molecule has 6 nitrogen and oxygen atoms in total. The smallest absolute Gasteiger partial charge is 0.255 e. The molecule has 0 bridgehead atoms. The number of methoxy groups -OCH3 is 1. The molecule has 0 radical (unpaired) electrons. The van der Waals surface area contributed by atoms with Gasteiger partial charge in [0.1, 0.15) is 6.04 Å². The number of nitrogen functional groups attached to an aromatic ring is 1. The van der Waals surface area contributed by atoms with E-state index in [2.05, 4.69) is 5.32 Å². The minimum atomic E-state index is -0.608. The molecule has 2 amide bonds. The number of carbonyl (C=O) groups is 2. The Morgan fingerprint density at radius 2 is 1.95 bits per heavy atom. The van der Waals surface area contributed by atoms with Crippen LogP contribution in [0.25, 0.3) is 0 Å². The van der Waals surface area contributed by atoms with Crippen molar-refractivity contribution < 1.29 is 14.3 Å². The molecular weight excluding hydrogens is 270 g/mol. The van der Waals surface area contributed by atoms with Crippen LogP contribution in [-0.4, -0.2) is 43.0 Å². The van der Waals surface area contributed by atoms with Gasteiger partial charge in [0.05, 0.1) is 18.4 Å². The van der Waals surface area contributed by atoms with Crippen molar-refractivity contribution in [1.82, 2.24) is 10.2 Å². The van der Waals surface area contributed by atoms with Crippen LogP contribution in [0.4, 0.5) is 5.69 Å². The van der Waals surface area contributed by atoms with E-state index in [0.717, 1.165) is 0 Å². The van der Waals surface area contributed by atoms with Gasteiger partial charge in [0.15, 0.2) is 5.75 Å². The maximum absolute atomic E-state index is 12.3. The van der Waals surface area contributed by atoms with E-state index in [-0.39, 0.29) is 11.8 Å². The van der Waals surface area contributed by atoms with Crippen LogP contribution >= 0.6 is 0 Å². The van der Waals surface area contributed by atoms with Crippen LogP contribution in [0.5, 0.6) is 5.75 Å². The largest absolute Gasteiger partial charge is 0.494 e. The Balaban J connectivity index is 2.87. The SMILES string of the molecule is CCN(CC)C(=O)C(C)NC(=O)c1cccc(N)c1OC. The minimum Gasteiger partial charge on any atom is -0.494 e. The van der Waals surface area contributed by atoms with Gasteiger partial charge in [-0.1, -0.05) is 6.07 Å².